The van der Waals surface area contributed by atoms with E-state index in [0.717, 1.165) is 0 Å². The van der Waals surface area contributed by atoms with Crippen molar-refractivity contribution in [3.63, 3.8) is 0 Å². The molecule has 0 aliphatic carbocycles. The Morgan fingerprint density at radius 3 is 2.71 bits per heavy atom. The number of hydrogen-bond acceptors (Lipinski definition) is 2. The second-order valence-electron chi connectivity index (χ2n) is 0.841. The van der Waals surface area contributed by atoms with E-state index < -0.39 is 0 Å². The van der Waals surface area contributed by atoms with E-state index in [9.17, 15) is 0 Å². The van der Waals surface area contributed by atoms with Crippen molar-refractivity contribution in [1.29, 1.82) is 0 Å². The molecular weight excluding hydrogens is 112 g/mol. The summed E-state index contributed by atoms with van der Waals surface area (Å²) < 4.78 is 20.9. The van der Waals surface area contributed by atoms with Gasteiger partial charge in [0, 0.05) is 12.3 Å². The van der Waals surface area contributed by atoms with Crippen molar-refractivity contribution in [3.8, 4) is 0 Å². The van der Waals surface area contributed by atoms with E-state index >= 15 is 0 Å². The molecule has 0 radical (unpaired) electrons. The standard InChI is InChI=1S/C4H3ClN2/c5-4-6-2-1-3-7-4/h1-3H/i1D,2D,3D. The van der Waals surface area contributed by atoms with Crippen LogP contribution in [0.4, 0.5) is 0 Å². The molecular formula is C4H3ClN2. The smallest absolute Gasteiger partial charge is 0.222 e. The van der Waals surface area contributed by atoms with Gasteiger partial charge >= 0.3 is 0 Å². The summed E-state index contributed by atoms with van der Waals surface area (Å²) in [5.74, 6) is 0. The van der Waals surface area contributed by atoms with Crippen LogP contribution in [0.15, 0.2) is 18.4 Å². The first-order valence-corrected chi connectivity index (χ1v) is 1.96. The molecule has 0 amide bonds. The maximum Gasteiger partial charge on any atom is 0.222 e. The van der Waals surface area contributed by atoms with Crippen molar-refractivity contribution in [3.05, 3.63) is 23.7 Å². The Hall–Kier alpha value is -0.630. The number of nitrogens with zero attached hydrogens (tertiary/aromatic N) is 2. The van der Waals surface area contributed by atoms with Gasteiger partial charge in [-0.2, -0.15) is 0 Å². The van der Waals surface area contributed by atoms with Crippen LogP contribution < -0.4 is 0 Å². The molecule has 0 aliphatic rings. The minimum Gasteiger partial charge on any atom is -0.227 e. The van der Waals surface area contributed by atoms with Gasteiger partial charge in [0.25, 0.3) is 0 Å². The average molecular weight is 118 g/mol. The number of hydrogen-bond donors (Lipinski definition) is 0. The molecule has 36 valence electrons. The Kier molecular flexibility index (Phi) is 0.564. The van der Waals surface area contributed by atoms with Crippen LogP contribution in [-0.2, 0) is 0 Å². The predicted molar refractivity (Wildman–Crippen MR) is 27.0 cm³/mol. The summed E-state index contributed by atoms with van der Waals surface area (Å²) in [6.45, 7) is 0. The summed E-state index contributed by atoms with van der Waals surface area (Å²) in [6, 6.07) is -0.301. The average Bonchev–Trinajstić information content (AvgIpc) is 1.82. The summed E-state index contributed by atoms with van der Waals surface area (Å²) in [6.07, 6.45) is -0.630. The van der Waals surface area contributed by atoms with Gasteiger partial charge in [0.05, 0.1) is 4.11 Å². The zero-order chi connectivity index (χ0) is 7.72. The molecule has 0 aliphatic heterocycles. The third kappa shape index (κ3) is 1.12. The molecule has 0 bridgehead atoms. The zero-order valence-corrected chi connectivity index (χ0v) is 4.03. The summed E-state index contributed by atoms with van der Waals surface area (Å²) >= 11 is 5.28. The van der Waals surface area contributed by atoms with Crippen molar-refractivity contribution < 1.29 is 4.11 Å². The normalized spacial score (nSPS) is 14.7. The van der Waals surface area contributed by atoms with E-state index in [2.05, 4.69) is 9.97 Å². The lowest BCUT2D eigenvalue weighted by Gasteiger charge is -1.78. The SMILES string of the molecule is [2H]c1nc(Cl)nc([2H])c1[2H]. The fraction of sp³-hybridized carbons (Fsp3) is 0. The zero-order valence-electron chi connectivity index (χ0n) is 6.27. The van der Waals surface area contributed by atoms with E-state index in [1.165, 1.54) is 0 Å². The van der Waals surface area contributed by atoms with Crippen LogP contribution in [0.3, 0.4) is 0 Å². The highest BCUT2D eigenvalue weighted by Gasteiger charge is 1.78. The Bertz CT molecular complexity index is 242. The van der Waals surface area contributed by atoms with Gasteiger partial charge in [0.1, 0.15) is 0 Å². The summed E-state index contributed by atoms with van der Waals surface area (Å²) in [5, 5.41) is -0.161. The Morgan fingerprint density at radius 1 is 1.57 bits per heavy atom. The molecule has 7 heavy (non-hydrogen) atoms. The van der Waals surface area contributed by atoms with E-state index in [1.54, 1.807) is 0 Å². The van der Waals surface area contributed by atoms with Crippen LogP contribution in [0, 0.1) is 0 Å². The molecule has 0 atom stereocenters. The van der Waals surface area contributed by atoms with E-state index in [4.69, 9.17) is 15.7 Å². The second-order valence-corrected chi connectivity index (χ2v) is 1.18. The van der Waals surface area contributed by atoms with Crippen LogP contribution in [0.1, 0.15) is 4.11 Å². The molecule has 1 aromatic rings. The minimum absolute atomic E-state index is 0.161. The lowest BCUT2D eigenvalue weighted by Crippen LogP contribution is -1.73. The third-order valence-corrected chi connectivity index (χ3v) is 0.577. The van der Waals surface area contributed by atoms with Gasteiger partial charge in [0.2, 0.25) is 5.28 Å². The number of halogens is 1. The number of rotatable bonds is 0. The van der Waals surface area contributed by atoms with Crippen LogP contribution in [0.2, 0.25) is 5.28 Å². The fourth-order valence-corrected chi connectivity index (χ4v) is 0.283. The van der Waals surface area contributed by atoms with Crippen LogP contribution >= 0.6 is 11.6 Å². The summed E-state index contributed by atoms with van der Waals surface area (Å²) in [7, 11) is 0. The molecule has 0 fully saturated rings. The fourth-order valence-electron chi connectivity index (χ4n) is 0.198. The Labute approximate surface area is 50.4 Å². The molecule has 1 heterocycles. The molecule has 0 saturated carbocycles. The molecule has 3 heteroatoms. The molecule has 2 nitrogen and oxygen atoms in total. The van der Waals surface area contributed by atoms with Gasteiger partial charge in [-0.25, -0.2) is 9.97 Å². The topological polar surface area (TPSA) is 25.8 Å². The highest BCUT2D eigenvalue weighted by Crippen LogP contribution is 1.92. The summed E-state index contributed by atoms with van der Waals surface area (Å²) in [4.78, 5) is 6.69. The van der Waals surface area contributed by atoms with Gasteiger partial charge < -0.3 is 0 Å². The second kappa shape index (κ2) is 1.89. The maximum absolute atomic E-state index is 6.98. The van der Waals surface area contributed by atoms with Crippen molar-refractivity contribution in [2.45, 2.75) is 0 Å². The molecule has 0 aromatic carbocycles. The van der Waals surface area contributed by atoms with Gasteiger partial charge in [-0.15, -0.1) is 0 Å². The molecule has 0 spiro atoms. The molecule has 0 saturated heterocycles. The van der Waals surface area contributed by atoms with Gasteiger partial charge in [-0.3, -0.25) is 0 Å². The van der Waals surface area contributed by atoms with Crippen molar-refractivity contribution in [1.82, 2.24) is 9.97 Å². The lowest BCUT2D eigenvalue weighted by atomic mass is 10.7. The molecule has 0 unspecified atom stereocenters. The van der Waals surface area contributed by atoms with Crippen molar-refractivity contribution >= 4 is 11.6 Å². The maximum atomic E-state index is 6.98. The Balaban J connectivity index is 3.31. The molecule has 1 aromatic heterocycles. The highest BCUT2D eigenvalue weighted by atomic mass is 35.5. The third-order valence-electron chi connectivity index (χ3n) is 0.408. The van der Waals surface area contributed by atoms with Crippen molar-refractivity contribution in [2.24, 2.45) is 0 Å². The first-order chi connectivity index (χ1) is 4.61. The quantitative estimate of drug-likeness (QED) is 0.476. The van der Waals surface area contributed by atoms with E-state index in [0.29, 0.717) is 0 Å². The van der Waals surface area contributed by atoms with Crippen LogP contribution in [0.25, 0.3) is 0 Å². The molecule has 0 N–H and O–H groups in total. The largest absolute Gasteiger partial charge is 0.227 e. The lowest BCUT2D eigenvalue weighted by molar-refractivity contribution is 1.17. The van der Waals surface area contributed by atoms with Crippen molar-refractivity contribution in [2.75, 3.05) is 0 Å². The predicted octanol–water partition coefficient (Wildman–Crippen LogP) is 1.13. The minimum atomic E-state index is -0.315. The first-order valence-electron chi connectivity index (χ1n) is 3.08. The van der Waals surface area contributed by atoms with E-state index in [1.807, 2.05) is 0 Å². The highest BCUT2D eigenvalue weighted by molar-refractivity contribution is 6.28. The number of aromatic nitrogens is 2. The Morgan fingerprint density at radius 2 is 2.14 bits per heavy atom. The summed E-state index contributed by atoms with van der Waals surface area (Å²) in [5.41, 5.74) is 0. The van der Waals surface area contributed by atoms with E-state index in [-0.39, 0.29) is 23.7 Å². The van der Waals surface area contributed by atoms with Gasteiger partial charge in [-0.05, 0) is 17.6 Å². The van der Waals surface area contributed by atoms with Crippen LogP contribution in [0.5, 0.6) is 0 Å². The molecule has 1 rings (SSSR count). The van der Waals surface area contributed by atoms with Crippen LogP contribution in [-0.4, -0.2) is 9.97 Å². The first kappa shape index (κ1) is 2.09. The van der Waals surface area contributed by atoms with Gasteiger partial charge in [0.15, 0.2) is 0 Å². The van der Waals surface area contributed by atoms with Gasteiger partial charge in [-0.1, -0.05) is 0 Å². The monoisotopic (exact) mass is 117 g/mol.